The van der Waals surface area contributed by atoms with Crippen molar-refractivity contribution in [3.05, 3.63) is 75.4 Å². The zero-order chi connectivity index (χ0) is 22.1. The molecule has 1 saturated carbocycles. The molecule has 0 aromatic heterocycles. The molecule has 162 valence electrons. The van der Waals surface area contributed by atoms with Crippen LogP contribution in [0.3, 0.4) is 0 Å². The molecule has 2 bridgehead atoms. The lowest BCUT2D eigenvalue weighted by molar-refractivity contribution is -0.117. The molecular formula is C27H28ClFOS. The summed E-state index contributed by atoms with van der Waals surface area (Å²) in [5, 5.41) is 0.377. The molecule has 2 aliphatic rings. The maximum absolute atomic E-state index is 14.7. The van der Waals surface area contributed by atoms with Gasteiger partial charge in [0.05, 0.1) is 0 Å². The Bertz CT molecular complexity index is 1070. The summed E-state index contributed by atoms with van der Waals surface area (Å²) < 4.78 is 14.7. The number of carbonyl (C=O) groups is 1. The first-order valence-corrected chi connectivity index (χ1v) is 12.5. The van der Waals surface area contributed by atoms with Crippen molar-refractivity contribution in [1.29, 1.82) is 0 Å². The van der Waals surface area contributed by atoms with E-state index in [1.165, 1.54) is 11.6 Å². The summed E-state index contributed by atoms with van der Waals surface area (Å²) in [5.41, 5.74) is 5.51. The molecule has 2 atom stereocenters. The highest BCUT2D eigenvalue weighted by Crippen LogP contribution is 2.49. The monoisotopic (exact) mass is 454 g/mol. The van der Waals surface area contributed by atoms with E-state index in [9.17, 15) is 9.18 Å². The lowest BCUT2D eigenvalue weighted by atomic mass is 9.76. The number of carbonyl (C=O) groups excluding carboxylic acids is 1. The Morgan fingerprint density at radius 2 is 1.90 bits per heavy atom. The van der Waals surface area contributed by atoms with Gasteiger partial charge in [-0.25, -0.2) is 4.39 Å². The van der Waals surface area contributed by atoms with Crippen LogP contribution < -0.4 is 0 Å². The number of halogens is 2. The molecule has 0 spiro atoms. The molecule has 0 heterocycles. The molecule has 0 N–H and O–H groups in total. The van der Waals surface area contributed by atoms with E-state index in [-0.39, 0.29) is 17.5 Å². The van der Waals surface area contributed by atoms with Crippen molar-refractivity contribution < 1.29 is 9.18 Å². The summed E-state index contributed by atoms with van der Waals surface area (Å²) in [4.78, 5) is 14.7. The van der Waals surface area contributed by atoms with Gasteiger partial charge in [-0.1, -0.05) is 49.7 Å². The van der Waals surface area contributed by atoms with Gasteiger partial charge in [0.1, 0.15) is 5.82 Å². The maximum Gasteiger partial charge on any atom is 0.166 e. The van der Waals surface area contributed by atoms with Crippen molar-refractivity contribution in [1.82, 2.24) is 0 Å². The molecule has 0 amide bonds. The summed E-state index contributed by atoms with van der Waals surface area (Å²) in [6.45, 7) is 8.49. The molecular weight excluding hydrogens is 427 g/mol. The van der Waals surface area contributed by atoms with Crippen LogP contribution in [0.5, 0.6) is 0 Å². The zero-order valence-corrected chi connectivity index (χ0v) is 19.7. The number of rotatable bonds is 7. The van der Waals surface area contributed by atoms with E-state index in [1.54, 1.807) is 23.9 Å². The number of benzene rings is 2. The zero-order valence-electron chi connectivity index (χ0n) is 18.1. The number of allylic oxidation sites excluding steroid dienone is 3. The highest BCUT2D eigenvalue weighted by atomic mass is 35.5. The Hall–Kier alpha value is -1.84. The number of fused-ring (bicyclic) bond motifs is 2. The van der Waals surface area contributed by atoms with E-state index >= 15 is 0 Å². The topological polar surface area (TPSA) is 17.1 Å². The summed E-state index contributed by atoms with van der Waals surface area (Å²) in [6, 6.07) is 10.8. The van der Waals surface area contributed by atoms with E-state index in [4.69, 9.17) is 11.6 Å². The normalized spacial score (nSPS) is 20.5. The summed E-state index contributed by atoms with van der Waals surface area (Å²) in [6.07, 6.45) is 4.60. The smallest absolute Gasteiger partial charge is 0.166 e. The highest BCUT2D eigenvalue weighted by molar-refractivity contribution is 8.03. The molecule has 4 heteroatoms. The third kappa shape index (κ3) is 4.40. The Labute approximate surface area is 193 Å². The molecule has 0 unspecified atom stereocenters. The number of Topliss-reactive ketones (excluding diaryl/α,β-unsaturated/α-hetero) is 1. The van der Waals surface area contributed by atoms with E-state index in [2.05, 4.69) is 20.4 Å². The molecule has 0 aliphatic heterocycles. The van der Waals surface area contributed by atoms with Crippen molar-refractivity contribution in [2.75, 3.05) is 5.75 Å². The predicted octanol–water partition coefficient (Wildman–Crippen LogP) is 8.12. The van der Waals surface area contributed by atoms with Crippen LogP contribution in [0.15, 0.2) is 53.5 Å². The predicted molar refractivity (Wildman–Crippen MR) is 131 cm³/mol. The Morgan fingerprint density at radius 3 is 2.61 bits per heavy atom. The molecule has 1 fully saturated rings. The molecule has 1 nitrogen and oxygen atoms in total. The number of thioether (sulfide) groups is 1. The lowest BCUT2D eigenvalue weighted by Gasteiger charge is -2.28. The first-order valence-electron chi connectivity index (χ1n) is 11.1. The van der Waals surface area contributed by atoms with Crippen LogP contribution in [0.25, 0.3) is 16.7 Å². The van der Waals surface area contributed by atoms with Gasteiger partial charge in [-0.15, -0.1) is 11.8 Å². The van der Waals surface area contributed by atoms with Crippen LogP contribution in [0.2, 0.25) is 5.02 Å². The fourth-order valence-corrected chi connectivity index (χ4v) is 5.94. The first-order chi connectivity index (χ1) is 14.9. The average molecular weight is 455 g/mol. The van der Waals surface area contributed by atoms with Crippen LogP contribution in [-0.2, 0) is 11.2 Å². The lowest BCUT2D eigenvalue weighted by Crippen LogP contribution is -2.22. The van der Waals surface area contributed by atoms with Crippen LogP contribution >= 0.6 is 23.4 Å². The largest absolute Gasteiger partial charge is 0.294 e. The summed E-state index contributed by atoms with van der Waals surface area (Å²) in [7, 11) is 0. The van der Waals surface area contributed by atoms with Gasteiger partial charge in [-0.05, 0) is 83.2 Å². The van der Waals surface area contributed by atoms with Crippen LogP contribution in [0.4, 0.5) is 4.39 Å². The van der Waals surface area contributed by atoms with Crippen molar-refractivity contribution in [3.8, 4) is 11.1 Å². The Kier molecular flexibility index (Phi) is 6.74. The SMILES string of the molecule is C=C(CC1=C(c2cc(-c3ccc(Cl)cc3F)ccc2CC)C(=O)[C@@H]2CC[C@H]1C2)SCC. The molecule has 4 rings (SSSR count). The molecule has 2 aromatic rings. The van der Waals surface area contributed by atoms with Gasteiger partial charge in [0.2, 0.25) is 0 Å². The van der Waals surface area contributed by atoms with Crippen molar-refractivity contribution >= 4 is 34.7 Å². The third-order valence-electron chi connectivity index (χ3n) is 6.60. The van der Waals surface area contributed by atoms with Crippen LogP contribution in [-0.4, -0.2) is 11.5 Å². The minimum absolute atomic E-state index is 0.122. The quantitative estimate of drug-likeness (QED) is 0.420. The highest BCUT2D eigenvalue weighted by Gasteiger charge is 2.41. The number of aryl methyl sites for hydroxylation is 1. The summed E-state index contributed by atoms with van der Waals surface area (Å²) >= 11 is 7.71. The standard InChI is InChI=1S/C27H28ClFOS/c1-4-17-6-7-19(22-11-10-21(28)15-25(22)29)14-24(17)26-23(12-16(3)31-5-2)18-8-9-20(13-18)27(26)30/h6-7,10-11,14-15,18,20H,3-5,8-9,12-13H2,1-2H3/t18-,20+/m0/s1. The van der Waals surface area contributed by atoms with E-state index in [0.717, 1.165) is 65.0 Å². The van der Waals surface area contributed by atoms with Crippen molar-refractivity contribution in [2.45, 2.75) is 46.0 Å². The van der Waals surface area contributed by atoms with Gasteiger partial charge in [0, 0.05) is 28.5 Å². The summed E-state index contributed by atoms with van der Waals surface area (Å²) in [5.74, 6) is 1.47. The second-order valence-corrected chi connectivity index (χ2v) is 10.3. The molecule has 0 radical (unpaired) electrons. The fraction of sp³-hybridized carbons (Fsp3) is 0.370. The number of hydrogen-bond acceptors (Lipinski definition) is 2. The van der Waals surface area contributed by atoms with E-state index in [0.29, 0.717) is 16.5 Å². The van der Waals surface area contributed by atoms with E-state index < -0.39 is 0 Å². The number of ketones is 1. The third-order valence-corrected chi connectivity index (χ3v) is 7.68. The Morgan fingerprint density at radius 1 is 1.13 bits per heavy atom. The minimum Gasteiger partial charge on any atom is -0.294 e. The van der Waals surface area contributed by atoms with E-state index in [1.807, 2.05) is 18.2 Å². The van der Waals surface area contributed by atoms with Gasteiger partial charge in [-0.3, -0.25) is 4.79 Å². The second kappa shape index (κ2) is 9.34. The van der Waals surface area contributed by atoms with Gasteiger partial charge in [-0.2, -0.15) is 0 Å². The maximum atomic E-state index is 14.7. The number of hydrogen-bond donors (Lipinski definition) is 0. The van der Waals surface area contributed by atoms with Crippen LogP contribution in [0.1, 0.15) is 50.7 Å². The van der Waals surface area contributed by atoms with Gasteiger partial charge in [0.15, 0.2) is 5.78 Å². The molecule has 31 heavy (non-hydrogen) atoms. The van der Waals surface area contributed by atoms with Gasteiger partial charge < -0.3 is 0 Å². The second-order valence-electron chi connectivity index (χ2n) is 8.47. The molecule has 2 aromatic carbocycles. The van der Waals surface area contributed by atoms with Gasteiger partial charge >= 0.3 is 0 Å². The molecule has 0 saturated heterocycles. The van der Waals surface area contributed by atoms with Crippen LogP contribution in [0, 0.1) is 17.7 Å². The van der Waals surface area contributed by atoms with Crippen molar-refractivity contribution in [2.24, 2.45) is 11.8 Å². The molecule has 2 aliphatic carbocycles. The average Bonchev–Trinajstić information content (AvgIpc) is 3.19. The minimum atomic E-state index is -0.348. The Balaban J connectivity index is 1.88. The van der Waals surface area contributed by atoms with Crippen molar-refractivity contribution in [3.63, 3.8) is 0 Å². The first kappa shape index (κ1) is 22.4. The fourth-order valence-electron chi connectivity index (χ4n) is 5.12. The van der Waals surface area contributed by atoms with Gasteiger partial charge in [0.25, 0.3) is 0 Å².